The Morgan fingerprint density at radius 3 is 2.83 bits per heavy atom. The number of hydrogen-bond acceptors (Lipinski definition) is 5. The van der Waals surface area contributed by atoms with Crippen LogP contribution in [0.25, 0.3) is 0 Å². The number of aliphatic carboxylic acids is 1. The molecule has 7 nitrogen and oxygen atoms in total. The predicted octanol–water partition coefficient (Wildman–Crippen LogP) is 3.42. The third-order valence-corrected chi connectivity index (χ3v) is 5.73. The largest absolute Gasteiger partial charge is 0.480 e. The van der Waals surface area contributed by atoms with Crippen LogP contribution in [-0.4, -0.2) is 50.3 Å². The lowest BCUT2D eigenvalue weighted by atomic mass is 10.0. The van der Waals surface area contributed by atoms with E-state index in [0.29, 0.717) is 18.0 Å². The molecule has 1 fully saturated rings. The van der Waals surface area contributed by atoms with Gasteiger partial charge in [0.05, 0.1) is 6.33 Å². The smallest absolute Gasteiger partial charge is 0.324 e. The fraction of sp³-hybridized carbons (Fsp3) is 0.450. The number of hydrogen-bond donors (Lipinski definition) is 1. The van der Waals surface area contributed by atoms with Crippen molar-refractivity contribution in [2.24, 2.45) is 5.92 Å². The molecule has 2 heterocycles. The molecule has 0 aliphatic carbocycles. The van der Waals surface area contributed by atoms with Gasteiger partial charge in [-0.25, -0.2) is 9.88 Å². The number of nitrogens with zero attached hydrogens (tertiary/aromatic N) is 3. The summed E-state index contributed by atoms with van der Waals surface area (Å²) in [5.74, 6) is -1.09. The fourth-order valence-corrected chi connectivity index (χ4v) is 4.73. The van der Waals surface area contributed by atoms with E-state index in [-0.39, 0.29) is 25.0 Å². The molecule has 0 amide bonds. The van der Waals surface area contributed by atoms with E-state index in [9.17, 15) is 14.7 Å². The minimum atomic E-state index is -0.984. The zero-order valence-corrected chi connectivity index (χ0v) is 19.1. The molecule has 1 aliphatic rings. The summed E-state index contributed by atoms with van der Waals surface area (Å²) in [7, 11) is 0. The number of ether oxygens (including phenoxy) is 1. The van der Waals surface area contributed by atoms with Crippen LogP contribution >= 0.6 is 34.2 Å². The third-order valence-electron chi connectivity index (χ3n) is 4.88. The molecule has 1 N–H and O–H groups in total. The van der Waals surface area contributed by atoms with Crippen LogP contribution in [0, 0.1) is 9.49 Å². The number of carboxylic acids is 1. The molecule has 0 saturated carbocycles. The second-order valence-corrected chi connectivity index (χ2v) is 9.28. The Bertz CT molecular complexity index is 881. The van der Waals surface area contributed by atoms with Crippen LogP contribution in [0.5, 0.6) is 0 Å². The van der Waals surface area contributed by atoms with E-state index >= 15 is 0 Å². The van der Waals surface area contributed by atoms with Crippen LogP contribution < -0.4 is 0 Å². The molecule has 2 aromatic rings. The molecular weight excluding hydrogens is 509 g/mol. The highest BCUT2D eigenvalue weighted by atomic mass is 127. The van der Waals surface area contributed by atoms with Crippen molar-refractivity contribution in [3.8, 4) is 0 Å². The van der Waals surface area contributed by atoms with Crippen molar-refractivity contribution >= 4 is 46.1 Å². The van der Waals surface area contributed by atoms with Crippen LogP contribution in [-0.2, 0) is 27.3 Å². The Labute approximate surface area is 188 Å². The highest BCUT2D eigenvalue weighted by Crippen LogP contribution is 2.24. The molecular formula is C20H23ClIN3O4. The molecule has 2 unspecified atom stereocenters. The Morgan fingerprint density at radius 2 is 2.17 bits per heavy atom. The van der Waals surface area contributed by atoms with Gasteiger partial charge in [0.15, 0.2) is 0 Å². The van der Waals surface area contributed by atoms with Crippen LogP contribution in [0.4, 0.5) is 0 Å². The summed E-state index contributed by atoms with van der Waals surface area (Å²) in [5.41, 5.74) is 1.78. The van der Waals surface area contributed by atoms with Crippen LogP contribution in [0.15, 0.2) is 30.7 Å². The summed E-state index contributed by atoms with van der Waals surface area (Å²) < 4.78 is 8.11. The number of imidazole rings is 1. The number of cyclic esters (lactones) is 1. The second kappa shape index (κ2) is 9.44. The minimum absolute atomic E-state index is 0.00614. The van der Waals surface area contributed by atoms with Gasteiger partial charge >= 0.3 is 11.9 Å². The number of esters is 1. The van der Waals surface area contributed by atoms with E-state index in [1.165, 1.54) is 0 Å². The molecule has 1 aromatic heterocycles. The van der Waals surface area contributed by atoms with Crippen molar-refractivity contribution in [3.05, 3.63) is 50.6 Å². The molecule has 1 aromatic carbocycles. The average molecular weight is 532 g/mol. The van der Waals surface area contributed by atoms with Gasteiger partial charge in [0.25, 0.3) is 0 Å². The minimum Gasteiger partial charge on any atom is -0.480 e. The summed E-state index contributed by atoms with van der Waals surface area (Å²) in [4.78, 5) is 30.0. The van der Waals surface area contributed by atoms with Gasteiger partial charge in [-0.15, -0.1) is 0 Å². The number of carbonyl (C=O) groups excluding carboxylic acids is 1. The second-order valence-electron chi connectivity index (χ2n) is 7.60. The van der Waals surface area contributed by atoms with Crippen molar-refractivity contribution in [3.63, 3.8) is 0 Å². The van der Waals surface area contributed by atoms with Crippen molar-refractivity contribution in [1.29, 1.82) is 0 Å². The van der Waals surface area contributed by atoms with Gasteiger partial charge in [0.2, 0.25) is 0 Å². The zero-order chi connectivity index (χ0) is 21.1. The summed E-state index contributed by atoms with van der Waals surface area (Å²) in [5, 5.41) is 10.5. The van der Waals surface area contributed by atoms with E-state index in [1.807, 2.05) is 36.6 Å². The lowest BCUT2D eigenvalue weighted by Crippen LogP contribution is -2.47. The summed E-state index contributed by atoms with van der Waals surface area (Å²) >= 11 is 8.36. The maximum atomic E-state index is 12.1. The number of rotatable bonds is 8. The average Bonchev–Trinajstić information content (AvgIpc) is 3.18. The molecule has 156 valence electrons. The summed E-state index contributed by atoms with van der Waals surface area (Å²) in [6.45, 7) is 4.53. The highest BCUT2D eigenvalue weighted by Gasteiger charge is 2.42. The van der Waals surface area contributed by atoms with Crippen molar-refractivity contribution in [2.75, 3.05) is 6.73 Å². The number of halogens is 2. The lowest BCUT2D eigenvalue weighted by Gasteiger charge is -2.27. The van der Waals surface area contributed by atoms with E-state index in [0.717, 1.165) is 14.8 Å². The van der Waals surface area contributed by atoms with Gasteiger partial charge in [-0.3, -0.25) is 9.59 Å². The maximum absolute atomic E-state index is 12.1. The zero-order valence-electron chi connectivity index (χ0n) is 16.2. The highest BCUT2D eigenvalue weighted by molar-refractivity contribution is 14.1. The topological polar surface area (TPSA) is 84.7 Å². The Morgan fingerprint density at radius 1 is 1.41 bits per heavy atom. The maximum Gasteiger partial charge on any atom is 0.324 e. The quantitative estimate of drug-likeness (QED) is 0.415. The summed E-state index contributed by atoms with van der Waals surface area (Å²) in [6, 6.07) is 4.37. The Balaban J connectivity index is 1.81. The normalized spacial score (nSPS) is 18.2. The third kappa shape index (κ3) is 5.49. The van der Waals surface area contributed by atoms with E-state index < -0.39 is 18.1 Å². The van der Waals surface area contributed by atoms with Crippen molar-refractivity contribution < 1.29 is 19.4 Å². The van der Waals surface area contributed by atoms with Gasteiger partial charge in [-0.05, 0) is 58.7 Å². The summed E-state index contributed by atoms with van der Waals surface area (Å²) in [6.07, 6.45) is 4.13. The van der Waals surface area contributed by atoms with Gasteiger partial charge in [-0.2, -0.15) is 0 Å². The number of carbonyl (C=O) groups is 2. The Kier molecular flexibility index (Phi) is 7.18. The first-order valence-electron chi connectivity index (χ1n) is 9.33. The van der Waals surface area contributed by atoms with E-state index in [1.54, 1.807) is 17.4 Å². The first kappa shape index (κ1) is 22.0. The number of carboxylic acid groups (broad SMARTS) is 1. The van der Waals surface area contributed by atoms with E-state index in [2.05, 4.69) is 27.6 Å². The van der Waals surface area contributed by atoms with Crippen LogP contribution in [0.2, 0.25) is 5.02 Å². The molecule has 29 heavy (non-hydrogen) atoms. The van der Waals surface area contributed by atoms with Gasteiger partial charge in [0, 0.05) is 33.4 Å². The van der Waals surface area contributed by atoms with Gasteiger partial charge < -0.3 is 14.4 Å². The van der Waals surface area contributed by atoms with Crippen molar-refractivity contribution in [1.82, 2.24) is 14.5 Å². The van der Waals surface area contributed by atoms with Gasteiger partial charge in [0.1, 0.15) is 18.8 Å². The monoisotopic (exact) mass is 531 g/mol. The SMILES string of the molecule is CC(C)CC1C(=O)OCN1C(Cc1cncn1Cc1cc(Cl)cc(I)c1)C(=O)O. The molecule has 0 spiro atoms. The predicted molar refractivity (Wildman–Crippen MR) is 117 cm³/mol. The van der Waals surface area contributed by atoms with Crippen LogP contribution in [0.1, 0.15) is 31.5 Å². The molecule has 1 aliphatic heterocycles. The molecule has 3 rings (SSSR count). The fourth-order valence-electron chi connectivity index (χ4n) is 3.55. The standard InChI is InChI=1S/C20H23ClIN3O4/c1-12(2)3-18-20(28)29-11-25(18)17(19(26)27)7-16-8-23-10-24(16)9-13-4-14(21)6-15(22)5-13/h4-6,8,10,12,17-18H,3,7,9,11H2,1-2H3,(H,26,27). The van der Waals surface area contributed by atoms with Crippen LogP contribution in [0.3, 0.4) is 0 Å². The first-order chi connectivity index (χ1) is 13.7. The Hall–Kier alpha value is -1.65. The van der Waals surface area contributed by atoms with Gasteiger partial charge in [-0.1, -0.05) is 25.4 Å². The molecule has 2 atom stereocenters. The lowest BCUT2D eigenvalue weighted by molar-refractivity contribution is -0.144. The first-order valence-corrected chi connectivity index (χ1v) is 10.8. The molecule has 1 saturated heterocycles. The molecule has 9 heteroatoms. The van der Waals surface area contributed by atoms with E-state index in [4.69, 9.17) is 16.3 Å². The number of benzene rings is 1. The van der Waals surface area contributed by atoms with Crippen molar-refractivity contribution in [2.45, 2.75) is 45.3 Å². The molecule has 0 bridgehead atoms. The molecule has 0 radical (unpaired) electrons. The number of aromatic nitrogens is 2.